The molecule has 0 aromatic heterocycles. The number of nitrogens with two attached hydrogens (primary N) is 1. The molecule has 2 saturated carbocycles. The molecule has 0 aliphatic heterocycles. The lowest BCUT2D eigenvalue weighted by molar-refractivity contribution is -0.126. The Kier molecular flexibility index (Phi) is 4.36. The van der Waals surface area contributed by atoms with Crippen LogP contribution in [0.1, 0.15) is 38.5 Å². The molecule has 0 spiro atoms. The Morgan fingerprint density at radius 3 is 2.71 bits per heavy atom. The zero-order chi connectivity index (χ0) is 12.3. The summed E-state index contributed by atoms with van der Waals surface area (Å²) in [5, 5.41) is 3.17. The highest BCUT2D eigenvalue weighted by Crippen LogP contribution is 2.42. The first-order chi connectivity index (χ1) is 8.21. The van der Waals surface area contributed by atoms with Crippen molar-refractivity contribution in [3.63, 3.8) is 0 Å². The van der Waals surface area contributed by atoms with Crippen LogP contribution in [0.25, 0.3) is 0 Å². The summed E-state index contributed by atoms with van der Waals surface area (Å²) in [5.74, 6) is 0.846. The molecule has 2 fully saturated rings. The van der Waals surface area contributed by atoms with Gasteiger partial charge in [-0.2, -0.15) is 11.8 Å². The molecule has 2 rings (SSSR count). The zero-order valence-electron chi connectivity index (χ0n) is 10.7. The number of hydrogen-bond donors (Lipinski definition) is 2. The van der Waals surface area contributed by atoms with Crippen molar-refractivity contribution >= 4 is 17.7 Å². The van der Waals surface area contributed by atoms with Gasteiger partial charge in [-0.25, -0.2) is 0 Å². The quantitative estimate of drug-likeness (QED) is 0.788. The minimum absolute atomic E-state index is 0.180. The summed E-state index contributed by atoms with van der Waals surface area (Å²) in [6.07, 6.45) is 9.28. The third kappa shape index (κ3) is 2.79. The predicted molar refractivity (Wildman–Crippen MR) is 73.0 cm³/mol. The minimum Gasteiger partial charge on any atom is -0.354 e. The Labute approximate surface area is 108 Å². The second-order valence-electron chi connectivity index (χ2n) is 5.49. The Morgan fingerprint density at radius 1 is 1.41 bits per heavy atom. The van der Waals surface area contributed by atoms with Gasteiger partial charge in [-0.3, -0.25) is 4.79 Å². The molecule has 0 aromatic carbocycles. The second kappa shape index (κ2) is 5.61. The molecule has 17 heavy (non-hydrogen) atoms. The van der Waals surface area contributed by atoms with E-state index in [-0.39, 0.29) is 11.8 Å². The van der Waals surface area contributed by atoms with E-state index >= 15 is 0 Å². The Bertz CT molecular complexity index is 273. The van der Waals surface area contributed by atoms with E-state index in [0.717, 1.165) is 25.8 Å². The third-order valence-corrected chi connectivity index (χ3v) is 6.00. The number of nitrogens with one attached hydrogen (secondary N) is 1. The lowest BCUT2D eigenvalue weighted by Crippen LogP contribution is -2.47. The zero-order valence-corrected chi connectivity index (χ0v) is 11.5. The minimum atomic E-state index is 0.180. The van der Waals surface area contributed by atoms with Crippen LogP contribution in [0.4, 0.5) is 0 Å². The Morgan fingerprint density at radius 2 is 2.18 bits per heavy atom. The summed E-state index contributed by atoms with van der Waals surface area (Å²) in [4.78, 5) is 12.1. The van der Waals surface area contributed by atoms with Crippen LogP contribution >= 0.6 is 11.8 Å². The molecule has 4 heteroatoms. The fourth-order valence-corrected chi connectivity index (χ4v) is 3.98. The molecular formula is C13H24N2OS. The molecule has 98 valence electrons. The van der Waals surface area contributed by atoms with Crippen molar-refractivity contribution in [2.24, 2.45) is 17.6 Å². The number of thioether (sulfide) groups is 1. The Balaban J connectivity index is 1.80. The standard InChI is InChI=1S/C13H24N2OS/c1-17-13(6-3-7-13)9-15-12(16)11-5-2-4-10(11)8-14/h10-11H,2-9,14H2,1H3,(H,15,16). The normalized spacial score (nSPS) is 30.9. The molecule has 2 aliphatic rings. The highest BCUT2D eigenvalue weighted by Gasteiger charge is 2.38. The number of rotatable bonds is 5. The maximum atomic E-state index is 12.1. The number of carbonyl (C=O) groups excluding carboxylic acids is 1. The number of hydrogen-bond acceptors (Lipinski definition) is 3. The topological polar surface area (TPSA) is 55.1 Å². The third-order valence-electron chi connectivity index (χ3n) is 4.58. The average Bonchev–Trinajstić information content (AvgIpc) is 2.76. The maximum absolute atomic E-state index is 12.1. The monoisotopic (exact) mass is 256 g/mol. The molecule has 2 aliphatic carbocycles. The molecule has 0 heterocycles. The first-order valence-electron chi connectivity index (χ1n) is 6.74. The van der Waals surface area contributed by atoms with Crippen LogP contribution in [-0.2, 0) is 4.79 Å². The van der Waals surface area contributed by atoms with Crippen LogP contribution in [0.3, 0.4) is 0 Å². The van der Waals surface area contributed by atoms with Crippen molar-refractivity contribution in [1.82, 2.24) is 5.32 Å². The van der Waals surface area contributed by atoms with Crippen molar-refractivity contribution < 1.29 is 4.79 Å². The van der Waals surface area contributed by atoms with Gasteiger partial charge in [-0.05, 0) is 44.4 Å². The maximum Gasteiger partial charge on any atom is 0.223 e. The molecule has 0 aromatic rings. The highest BCUT2D eigenvalue weighted by atomic mass is 32.2. The van der Waals surface area contributed by atoms with Crippen molar-refractivity contribution in [1.29, 1.82) is 0 Å². The van der Waals surface area contributed by atoms with Crippen LogP contribution in [0.5, 0.6) is 0 Å². The summed E-state index contributed by atoms with van der Waals surface area (Å²) in [5.41, 5.74) is 5.72. The van der Waals surface area contributed by atoms with Crippen molar-refractivity contribution in [2.45, 2.75) is 43.3 Å². The molecule has 1 amide bonds. The summed E-state index contributed by atoms with van der Waals surface area (Å²) < 4.78 is 0.340. The lowest BCUT2D eigenvalue weighted by Gasteiger charge is -2.40. The molecule has 3 N–H and O–H groups in total. The largest absolute Gasteiger partial charge is 0.354 e. The van der Waals surface area contributed by atoms with Gasteiger partial charge >= 0.3 is 0 Å². The van der Waals surface area contributed by atoms with Gasteiger partial charge in [-0.15, -0.1) is 0 Å². The van der Waals surface area contributed by atoms with E-state index in [1.54, 1.807) is 0 Å². The molecule has 0 bridgehead atoms. The fourth-order valence-electron chi connectivity index (χ4n) is 3.07. The van der Waals surface area contributed by atoms with Crippen molar-refractivity contribution in [2.75, 3.05) is 19.3 Å². The fraction of sp³-hybridized carbons (Fsp3) is 0.923. The first kappa shape index (κ1) is 13.2. The molecule has 2 unspecified atom stereocenters. The van der Waals surface area contributed by atoms with Gasteiger partial charge < -0.3 is 11.1 Å². The second-order valence-corrected chi connectivity index (χ2v) is 6.77. The summed E-state index contributed by atoms with van der Waals surface area (Å²) >= 11 is 1.91. The van der Waals surface area contributed by atoms with E-state index in [0.29, 0.717) is 17.2 Å². The van der Waals surface area contributed by atoms with Gasteiger partial charge in [0, 0.05) is 17.2 Å². The van der Waals surface area contributed by atoms with Gasteiger partial charge in [0.25, 0.3) is 0 Å². The van der Waals surface area contributed by atoms with Crippen LogP contribution in [0.2, 0.25) is 0 Å². The molecule has 0 saturated heterocycles. The van der Waals surface area contributed by atoms with Crippen molar-refractivity contribution in [3.8, 4) is 0 Å². The van der Waals surface area contributed by atoms with Crippen LogP contribution in [-0.4, -0.2) is 30.0 Å². The van der Waals surface area contributed by atoms with Gasteiger partial charge in [0.05, 0.1) is 0 Å². The van der Waals surface area contributed by atoms with Gasteiger partial charge in [0.1, 0.15) is 0 Å². The van der Waals surface area contributed by atoms with E-state index in [1.165, 1.54) is 19.3 Å². The smallest absolute Gasteiger partial charge is 0.223 e. The van der Waals surface area contributed by atoms with E-state index in [2.05, 4.69) is 11.6 Å². The molecule has 0 radical (unpaired) electrons. The van der Waals surface area contributed by atoms with E-state index in [1.807, 2.05) is 11.8 Å². The van der Waals surface area contributed by atoms with E-state index < -0.39 is 0 Å². The van der Waals surface area contributed by atoms with Crippen molar-refractivity contribution in [3.05, 3.63) is 0 Å². The van der Waals surface area contributed by atoms with Gasteiger partial charge in [0.15, 0.2) is 0 Å². The highest BCUT2D eigenvalue weighted by molar-refractivity contribution is 8.00. The van der Waals surface area contributed by atoms with Crippen LogP contribution in [0, 0.1) is 11.8 Å². The molecule has 3 nitrogen and oxygen atoms in total. The van der Waals surface area contributed by atoms with Crippen LogP contribution < -0.4 is 11.1 Å². The van der Waals surface area contributed by atoms with Gasteiger partial charge in [-0.1, -0.05) is 12.8 Å². The number of amides is 1. The summed E-state index contributed by atoms with van der Waals surface area (Å²) in [6.45, 7) is 1.51. The van der Waals surface area contributed by atoms with E-state index in [9.17, 15) is 4.79 Å². The number of carbonyl (C=O) groups is 1. The SMILES string of the molecule is CSC1(CNC(=O)C2CCCC2CN)CCC1. The van der Waals surface area contributed by atoms with E-state index in [4.69, 9.17) is 5.73 Å². The average molecular weight is 256 g/mol. The summed E-state index contributed by atoms with van der Waals surface area (Å²) in [6, 6.07) is 0. The van der Waals surface area contributed by atoms with Gasteiger partial charge in [0.2, 0.25) is 5.91 Å². The molecule has 2 atom stereocenters. The predicted octanol–water partition coefficient (Wildman–Crippen LogP) is 1.76. The summed E-state index contributed by atoms with van der Waals surface area (Å²) in [7, 11) is 0. The molecular weight excluding hydrogens is 232 g/mol. The lowest BCUT2D eigenvalue weighted by atomic mass is 9.84. The Hall–Kier alpha value is -0.220. The van der Waals surface area contributed by atoms with Crippen LogP contribution in [0.15, 0.2) is 0 Å². The first-order valence-corrected chi connectivity index (χ1v) is 7.96.